The minimum Gasteiger partial charge on any atom is -0.461 e. The van der Waals surface area contributed by atoms with Crippen molar-refractivity contribution in [3.8, 4) is 0 Å². The Morgan fingerprint density at radius 2 is 1.82 bits per heavy atom. The summed E-state index contributed by atoms with van der Waals surface area (Å²) in [5, 5.41) is 0. The van der Waals surface area contributed by atoms with Gasteiger partial charge < -0.3 is 10.5 Å². The predicted molar refractivity (Wildman–Crippen MR) is 71.7 cm³/mol. The topological polar surface area (TPSA) is 52.3 Å². The Kier molecular flexibility index (Phi) is 7.44. The molecule has 0 amide bonds. The van der Waals surface area contributed by atoms with Gasteiger partial charge in [0.25, 0.3) is 0 Å². The van der Waals surface area contributed by atoms with Gasteiger partial charge in [-0.25, -0.2) is 0 Å². The Labute approximate surface area is 106 Å². The van der Waals surface area contributed by atoms with E-state index in [0.29, 0.717) is 0 Å². The van der Waals surface area contributed by atoms with Crippen LogP contribution in [0.4, 0.5) is 0 Å². The van der Waals surface area contributed by atoms with E-state index in [9.17, 15) is 4.79 Å². The van der Waals surface area contributed by atoms with Crippen LogP contribution in [-0.4, -0.2) is 18.1 Å². The van der Waals surface area contributed by atoms with Gasteiger partial charge in [-0.1, -0.05) is 46.5 Å². The van der Waals surface area contributed by atoms with Crippen molar-refractivity contribution in [3.63, 3.8) is 0 Å². The highest BCUT2D eigenvalue weighted by Crippen LogP contribution is 2.30. The molecule has 2 atom stereocenters. The fourth-order valence-corrected chi connectivity index (χ4v) is 1.65. The maximum absolute atomic E-state index is 11.4. The van der Waals surface area contributed by atoms with Gasteiger partial charge in [0.1, 0.15) is 12.1 Å². The van der Waals surface area contributed by atoms with E-state index in [0.717, 1.165) is 6.42 Å². The number of hydrogen-bond acceptors (Lipinski definition) is 3. The van der Waals surface area contributed by atoms with Crippen LogP contribution in [0.15, 0.2) is 0 Å². The normalized spacial score (nSPS) is 15.4. The van der Waals surface area contributed by atoms with Crippen molar-refractivity contribution in [3.05, 3.63) is 0 Å². The number of ether oxygens (including phenoxy) is 1. The van der Waals surface area contributed by atoms with Crippen LogP contribution in [0.1, 0.15) is 66.7 Å². The van der Waals surface area contributed by atoms with Crippen molar-refractivity contribution in [2.24, 2.45) is 11.1 Å². The van der Waals surface area contributed by atoms with Gasteiger partial charge in [-0.2, -0.15) is 0 Å². The van der Waals surface area contributed by atoms with Crippen LogP contribution in [0.25, 0.3) is 0 Å². The van der Waals surface area contributed by atoms with Crippen molar-refractivity contribution in [2.75, 3.05) is 0 Å². The number of nitrogens with two attached hydrogens (primary N) is 1. The van der Waals surface area contributed by atoms with Gasteiger partial charge in [0.05, 0.1) is 0 Å². The number of unbranched alkanes of at least 4 members (excludes halogenated alkanes) is 3. The van der Waals surface area contributed by atoms with Crippen LogP contribution in [0, 0.1) is 5.41 Å². The van der Waals surface area contributed by atoms with Gasteiger partial charge in [-0.15, -0.1) is 0 Å². The first kappa shape index (κ1) is 16.4. The van der Waals surface area contributed by atoms with E-state index in [1.54, 1.807) is 6.92 Å². The summed E-state index contributed by atoms with van der Waals surface area (Å²) in [6.07, 6.45) is 5.98. The molecule has 0 fully saturated rings. The molecule has 2 N–H and O–H groups in total. The second kappa shape index (κ2) is 7.70. The van der Waals surface area contributed by atoms with E-state index < -0.39 is 6.04 Å². The lowest BCUT2D eigenvalue weighted by Crippen LogP contribution is -2.37. The van der Waals surface area contributed by atoms with Gasteiger partial charge >= 0.3 is 5.97 Å². The third-order valence-corrected chi connectivity index (χ3v) is 3.44. The Balaban J connectivity index is 4.06. The zero-order valence-electron chi connectivity index (χ0n) is 12.1. The molecule has 0 aromatic heterocycles. The number of hydrogen-bond donors (Lipinski definition) is 1. The van der Waals surface area contributed by atoms with Crippen molar-refractivity contribution < 1.29 is 9.53 Å². The maximum atomic E-state index is 11.4. The molecule has 0 heterocycles. The number of rotatable bonds is 8. The second-order valence-corrected chi connectivity index (χ2v) is 5.67. The molecule has 0 bridgehead atoms. The molecule has 0 radical (unpaired) electrons. The first-order valence-electron chi connectivity index (χ1n) is 6.77. The quantitative estimate of drug-likeness (QED) is 0.526. The standard InChI is InChI=1S/C14H29NO2/c1-6-7-8-9-10-14(4,5)12(3)17-13(16)11(2)15/h11-12H,6-10,15H2,1-5H3. The molecular weight excluding hydrogens is 214 g/mol. The second-order valence-electron chi connectivity index (χ2n) is 5.67. The molecule has 17 heavy (non-hydrogen) atoms. The first-order valence-corrected chi connectivity index (χ1v) is 6.77. The van der Waals surface area contributed by atoms with Gasteiger partial charge in [0, 0.05) is 5.41 Å². The molecule has 0 aliphatic carbocycles. The Hall–Kier alpha value is -0.570. The fourth-order valence-electron chi connectivity index (χ4n) is 1.65. The van der Waals surface area contributed by atoms with E-state index in [4.69, 9.17) is 10.5 Å². The van der Waals surface area contributed by atoms with Crippen LogP contribution >= 0.6 is 0 Å². The smallest absolute Gasteiger partial charge is 0.322 e. The zero-order valence-corrected chi connectivity index (χ0v) is 12.1. The van der Waals surface area contributed by atoms with E-state index in [2.05, 4.69) is 20.8 Å². The van der Waals surface area contributed by atoms with Crippen LogP contribution in [0.3, 0.4) is 0 Å². The summed E-state index contributed by atoms with van der Waals surface area (Å²) < 4.78 is 5.37. The highest BCUT2D eigenvalue weighted by molar-refractivity contribution is 5.75. The lowest BCUT2D eigenvalue weighted by atomic mass is 9.82. The summed E-state index contributed by atoms with van der Waals surface area (Å²) in [7, 11) is 0. The van der Waals surface area contributed by atoms with E-state index in [1.165, 1.54) is 25.7 Å². The third-order valence-electron chi connectivity index (χ3n) is 3.44. The molecule has 0 rings (SSSR count). The summed E-state index contributed by atoms with van der Waals surface area (Å²) in [4.78, 5) is 11.4. The van der Waals surface area contributed by atoms with Gasteiger partial charge in [0.15, 0.2) is 0 Å². The van der Waals surface area contributed by atoms with Gasteiger partial charge in [0.2, 0.25) is 0 Å². The molecule has 3 heteroatoms. The van der Waals surface area contributed by atoms with Gasteiger partial charge in [-0.3, -0.25) is 4.79 Å². The number of esters is 1. The van der Waals surface area contributed by atoms with Crippen LogP contribution in [0.5, 0.6) is 0 Å². The molecule has 0 saturated heterocycles. The van der Waals surface area contributed by atoms with Crippen LogP contribution in [-0.2, 0) is 9.53 Å². The summed E-state index contributed by atoms with van der Waals surface area (Å²) in [5.74, 6) is -0.306. The predicted octanol–water partition coefficient (Wildman–Crippen LogP) is 3.26. The van der Waals surface area contributed by atoms with E-state index >= 15 is 0 Å². The van der Waals surface area contributed by atoms with Crippen molar-refractivity contribution >= 4 is 5.97 Å². The molecule has 0 aromatic rings. The number of carbonyl (C=O) groups is 1. The Bertz CT molecular complexity index is 224. The zero-order chi connectivity index (χ0) is 13.5. The summed E-state index contributed by atoms with van der Waals surface area (Å²) >= 11 is 0. The van der Waals surface area contributed by atoms with Crippen LogP contribution < -0.4 is 5.73 Å². The van der Waals surface area contributed by atoms with Gasteiger partial charge in [-0.05, 0) is 20.3 Å². The molecule has 2 unspecified atom stereocenters. The highest BCUT2D eigenvalue weighted by Gasteiger charge is 2.29. The minimum atomic E-state index is -0.534. The van der Waals surface area contributed by atoms with Crippen molar-refractivity contribution in [2.45, 2.75) is 78.9 Å². The molecule has 0 saturated carbocycles. The molecule has 3 nitrogen and oxygen atoms in total. The maximum Gasteiger partial charge on any atom is 0.322 e. The van der Waals surface area contributed by atoms with Crippen molar-refractivity contribution in [1.82, 2.24) is 0 Å². The van der Waals surface area contributed by atoms with E-state index in [1.807, 2.05) is 6.92 Å². The molecule has 0 aromatic carbocycles. The number of carbonyl (C=O) groups excluding carboxylic acids is 1. The highest BCUT2D eigenvalue weighted by atomic mass is 16.5. The molecule has 0 spiro atoms. The summed E-state index contributed by atoms with van der Waals surface area (Å²) in [5.41, 5.74) is 5.52. The molecule has 0 aliphatic rings. The molecule has 0 aliphatic heterocycles. The lowest BCUT2D eigenvalue weighted by molar-refractivity contribution is -0.155. The summed E-state index contributed by atoms with van der Waals surface area (Å²) in [6, 6.07) is -0.534. The SMILES string of the molecule is CCCCCCC(C)(C)C(C)OC(=O)C(C)N. The average Bonchev–Trinajstić information content (AvgIpc) is 2.24. The summed E-state index contributed by atoms with van der Waals surface area (Å²) in [6.45, 7) is 10.1. The largest absolute Gasteiger partial charge is 0.461 e. The Morgan fingerprint density at radius 3 is 2.29 bits per heavy atom. The van der Waals surface area contributed by atoms with Crippen LogP contribution in [0.2, 0.25) is 0 Å². The van der Waals surface area contributed by atoms with Crippen molar-refractivity contribution in [1.29, 1.82) is 0 Å². The lowest BCUT2D eigenvalue weighted by Gasteiger charge is -2.31. The Morgan fingerprint density at radius 1 is 1.24 bits per heavy atom. The molecular formula is C14H29NO2. The molecule has 102 valence electrons. The fraction of sp³-hybridized carbons (Fsp3) is 0.929. The minimum absolute atomic E-state index is 0.0261. The van der Waals surface area contributed by atoms with E-state index in [-0.39, 0.29) is 17.5 Å². The monoisotopic (exact) mass is 243 g/mol. The average molecular weight is 243 g/mol. The first-order chi connectivity index (χ1) is 7.81. The third kappa shape index (κ3) is 6.67.